The van der Waals surface area contributed by atoms with Crippen molar-refractivity contribution in [2.75, 3.05) is 0 Å². The molecule has 4 heteroatoms. The predicted octanol–water partition coefficient (Wildman–Crippen LogP) is 2.55. The minimum absolute atomic E-state index is 0.119. The molecule has 1 aromatic carbocycles. The van der Waals surface area contributed by atoms with E-state index in [1.165, 1.54) is 0 Å². The van der Waals surface area contributed by atoms with Gasteiger partial charge in [-0.1, -0.05) is 37.3 Å². The molecule has 0 aromatic heterocycles. The summed E-state index contributed by atoms with van der Waals surface area (Å²) in [5.41, 5.74) is 1.13. The van der Waals surface area contributed by atoms with Crippen LogP contribution in [0.3, 0.4) is 0 Å². The maximum atomic E-state index is 12.1. The summed E-state index contributed by atoms with van der Waals surface area (Å²) in [5.74, 6) is -0.827. The standard InChI is InChI=1S/C16H21NO3/c1-2-11(12-6-4-3-5-7-12)10-14(18)17-15(16(19)20)13-8-9-13/h3-7,11,13,15H,2,8-10H2,1H3,(H,17,18)(H,19,20). The molecule has 1 saturated carbocycles. The Balaban J connectivity index is 1.94. The van der Waals surface area contributed by atoms with Crippen LogP contribution in [0.5, 0.6) is 0 Å². The molecule has 4 nitrogen and oxygen atoms in total. The quantitative estimate of drug-likeness (QED) is 0.803. The number of carbonyl (C=O) groups is 2. The molecule has 0 saturated heterocycles. The second-order valence-electron chi connectivity index (χ2n) is 5.44. The first-order valence-corrected chi connectivity index (χ1v) is 7.19. The molecular formula is C16H21NO3. The fourth-order valence-corrected chi connectivity index (χ4v) is 2.49. The third kappa shape index (κ3) is 3.83. The zero-order valence-electron chi connectivity index (χ0n) is 11.7. The number of carboxylic acids is 1. The first-order chi connectivity index (χ1) is 9.61. The highest BCUT2D eigenvalue weighted by Crippen LogP contribution is 2.33. The van der Waals surface area contributed by atoms with Crippen molar-refractivity contribution in [2.45, 2.75) is 44.6 Å². The van der Waals surface area contributed by atoms with Gasteiger partial charge in [-0.05, 0) is 36.7 Å². The molecule has 1 aliphatic rings. The Bertz CT molecular complexity index is 468. The lowest BCUT2D eigenvalue weighted by atomic mass is 9.93. The van der Waals surface area contributed by atoms with Crippen LogP contribution in [-0.4, -0.2) is 23.0 Å². The van der Waals surface area contributed by atoms with E-state index >= 15 is 0 Å². The van der Waals surface area contributed by atoms with E-state index in [9.17, 15) is 9.59 Å². The van der Waals surface area contributed by atoms with E-state index < -0.39 is 12.0 Å². The molecule has 1 aliphatic carbocycles. The van der Waals surface area contributed by atoms with Crippen molar-refractivity contribution in [1.82, 2.24) is 5.32 Å². The lowest BCUT2D eigenvalue weighted by molar-refractivity contribution is -0.142. The second kappa shape index (κ2) is 6.55. The number of nitrogens with one attached hydrogen (secondary N) is 1. The Morgan fingerprint density at radius 2 is 1.95 bits per heavy atom. The van der Waals surface area contributed by atoms with Gasteiger partial charge in [0.25, 0.3) is 0 Å². The summed E-state index contributed by atoms with van der Waals surface area (Å²) in [7, 11) is 0. The molecule has 0 heterocycles. The number of hydrogen-bond donors (Lipinski definition) is 2. The van der Waals surface area contributed by atoms with Crippen LogP contribution in [0.1, 0.15) is 44.1 Å². The van der Waals surface area contributed by atoms with Gasteiger partial charge >= 0.3 is 5.97 Å². The average molecular weight is 275 g/mol. The van der Waals surface area contributed by atoms with Crippen LogP contribution < -0.4 is 5.32 Å². The van der Waals surface area contributed by atoms with Crippen molar-refractivity contribution in [1.29, 1.82) is 0 Å². The fourth-order valence-electron chi connectivity index (χ4n) is 2.49. The van der Waals surface area contributed by atoms with E-state index in [2.05, 4.69) is 5.32 Å². The first-order valence-electron chi connectivity index (χ1n) is 7.19. The summed E-state index contributed by atoms with van der Waals surface area (Å²) in [6.07, 6.45) is 3.00. The smallest absolute Gasteiger partial charge is 0.326 e. The van der Waals surface area contributed by atoms with E-state index in [0.29, 0.717) is 6.42 Å². The van der Waals surface area contributed by atoms with Crippen molar-refractivity contribution in [3.63, 3.8) is 0 Å². The molecule has 0 radical (unpaired) electrons. The molecule has 20 heavy (non-hydrogen) atoms. The number of amides is 1. The maximum Gasteiger partial charge on any atom is 0.326 e. The Morgan fingerprint density at radius 3 is 2.45 bits per heavy atom. The van der Waals surface area contributed by atoms with Gasteiger partial charge in [0.2, 0.25) is 5.91 Å². The Morgan fingerprint density at radius 1 is 1.30 bits per heavy atom. The highest BCUT2D eigenvalue weighted by Gasteiger charge is 2.37. The summed E-state index contributed by atoms with van der Waals surface area (Å²) in [6.45, 7) is 2.04. The van der Waals surface area contributed by atoms with Crippen LogP contribution >= 0.6 is 0 Å². The van der Waals surface area contributed by atoms with Gasteiger partial charge < -0.3 is 10.4 Å². The Labute approximate surface area is 119 Å². The van der Waals surface area contributed by atoms with Crippen molar-refractivity contribution in [2.24, 2.45) is 5.92 Å². The average Bonchev–Trinajstić information content (AvgIpc) is 3.27. The third-order valence-electron chi connectivity index (χ3n) is 3.87. The van der Waals surface area contributed by atoms with Crippen molar-refractivity contribution in [3.05, 3.63) is 35.9 Å². The second-order valence-corrected chi connectivity index (χ2v) is 5.44. The van der Waals surface area contributed by atoms with Gasteiger partial charge in [-0.25, -0.2) is 4.79 Å². The van der Waals surface area contributed by atoms with Crippen molar-refractivity contribution >= 4 is 11.9 Å². The first kappa shape index (κ1) is 14.6. The van der Waals surface area contributed by atoms with E-state index in [4.69, 9.17) is 5.11 Å². The largest absolute Gasteiger partial charge is 0.480 e. The van der Waals surface area contributed by atoms with E-state index in [0.717, 1.165) is 24.8 Å². The van der Waals surface area contributed by atoms with Gasteiger partial charge in [0.15, 0.2) is 0 Å². The molecule has 2 atom stereocenters. The normalized spacial score (nSPS) is 17.2. The summed E-state index contributed by atoms with van der Waals surface area (Å²) < 4.78 is 0. The van der Waals surface area contributed by atoms with E-state index in [1.54, 1.807) is 0 Å². The van der Waals surface area contributed by atoms with E-state index in [-0.39, 0.29) is 17.7 Å². The number of aliphatic carboxylic acids is 1. The molecule has 2 rings (SSSR count). The van der Waals surface area contributed by atoms with Gasteiger partial charge in [-0.3, -0.25) is 4.79 Å². The van der Waals surface area contributed by atoms with Gasteiger partial charge in [-0.15, -0.1) is 0 Å². The predicted molar refractivity (Wildman–Crippen MR) is 76.4 cm³/mol. The summed E-state index contributed by atoms with van der Waals surface area (Å²) in [5, 5.41) is 11.8. The highest BCUT2D eigenvalue weighted by atomic mass is 16.4. The highest BCUT2D eigenvalue weighted by molar-refractivity contribution is 5.84. The van der Waals surface area contributed by atoms with E-state index in [1.807, 2.05) is 37.3 Å². The minimum atomic E-state index is -0.923. The molecule has 2 unspecified atom stereocenters. The molecule has 1 amide bonds. The monoisotopic (exact) mass is 275 g/mol. The van der Waals surface area contributed by atoms with Gasteiger partial charge in [0, 0.05) is 6.42 Å². The number of rotatable bonds is 7. The molecule has 0 spiro atoms. The van der Waals surface area contributed by atoms with Gasteiger partial charge in [0.1, 0.15) is 6.04 Å². The van der Waals surface area contributed by atoms with Crippen LogP contribution in [-0.2, 0) is 9.59 Å². The van der Waals surface area contributed by atoms with Crippen LogP contribution in [0, 0.1) is 5.92 Å². The summed E-state index contributed by atoms with van der Waals surface area (Å²) in [4.78, 5) is 23.2. The number of carboxylic acid groups (broad SMARTS) is 1. The Hall–Kier alpha value is -1.84. The van der Waals surface area contributed by atoms with Crippen LogP contribution in [0.4, 0.5) is 0 Å². The molecule has 1 aromatic rings. The number of hydrogen-bond acceptors (Lipinski definition) is 2. The van der Waals surface area contributed by atoms with Gasteiger partial charge in [0.05, 0.1) is 0 Å². The molecule has 0 aliphatic heterocycles. The Kier molecular flexibility index (Phi) is 4.77. The SMILES string of the molecule is CCC(CC(=O)NC(C(=O)O)C1CC1)c1ccccc1. The summed E-state index contributed by atoms with van der Waals surface area (Å²) in [6, 6.07) is 9.17. The molecule has 0 bridgehead atoms. The van der Waals surface area contributed by atoms with Gasteiger partial charge in [-0.2, -0.15) is 0 Å². The lowest BCUT2D eigenvalue weighted by Gasteiger charge is -2.18. The number of carbonyl (C=O) groups excluding carboxylic acids is 1. The molecular weight excluding hydrogens is 254 g/mol. The third-order valence-corrected chi connectivity index (χ3v) is 3.87. The van der Waals surface area contributed by atoms with Crippen molar-refractivity contribution in [3.8, 4) is 0 Å². The zero-order valence-corrected chi connectivity index (χ0v) is 11.7. The van der Waals surface area contributed by atoms with Crippen LogP contribution in [0.25, 0.3) is 0 Å². The lowest BCUT2D eigenvalue weighted by Crippen LogP contribution is -2.42. The molecule has 1 fully saturated rings. The fraction of sp³-hybridized carbons (Fsp3) is 0.500. The number of benzene rings is 1. The summed E-state index contributed by atoms with van der Waals surface area (Å²) >= 11 is 0. The maximum absolute atomic E-state index is 12.1. The van der Waals surface area contributed by atoms with Crippen LogP contribution in [0.15, 0.2) is 30.3 Å². The minimum Gasteiger partial charge on any atom is -0.480 e. The van der Waals surface area contributed by atoms with Crippen molar-refractivity contribution < 1.29 is 14.7 Å². The molecule has 2 N–H and O–H groups in total. The molecule has 108 valence electrons. The zero-order chi connectivity index (χ0) is 14.5. The topological polar surface area (TPSA) is 66.4 Å². The van der Waals surface area contributed by atoms with Crippen LogP contribution in [0.2, 0.25) is 0 Å².